The summed E-state index contributed by atoms with van der Waals surface area (Å²) in [6, 6.07) is 15.0. The number of methoxy groups -OCH3 is 1. The molecule has 0 heterocycles. The van der Waals surface area contributed by atoms with Gasteiger partial charge in [-0.25, -0.2) is 9.59 Å². The molecule has 6 nitrogen and oxygen atoms in total. The molecule has 0 aliphatic heterocycles. The standard InChI is InChI=1S/C18H15NO5/c1-22-18(21)15-4-2-3-14(9-15)11-24-17(20)12-23-16-7-5-13(10-19)6-8-16/h2-9H,11-12H2,1H3. The Labute approximate surface area is 139 Å². The third-order valence-corrected chi connectivity index (χ3v) is 3.09. The van der Waals surface area contributed by atoms with Gasteiger partial charge in [0.05, 0.1) is 24.3 Å². The van der Waals surface area contributed by atoms with Crippen LogP contribution in [0.4, 0.5) is 0 Å². The summed E-state index contributed by atoms with van der Waals surface area (Å²) in [6.07, 6.45) is 0. The fourth-order valence-electron chi connectivity index (χ4n) is 1.88. The molecule has 2 aromatic rings. The third-order valence-electron chi connectivity index (χ3n) is 3.09. The van der Waals surface area contributed by atoms with Crippen molar-refractivity contribution in [1.82, 2.24) is 0 Å². The van der Waals surface area contributed by atoms with Gasteiger partial charge in [-0.05, 0) is 42.0 Å². The van der Waals surface area contributed by atoms with Gasteiger partial charge in [-0.1, -0.05) is 12.1 Å². The van der Waals surface area contributed by atoms with E-state index in [4.69, 9.17) is 14.7 Å². The number of carbonyl (C=O) groups is 2. The Kier molecular flexibility index (Phi) is 5.92. The summed E-state index contributed by atoms with van der Waals surface area (Å²) in [5, 5.41) is 8.70. The van der Waals surface area contributed by atoms with Crippen molar-refractivity contribution >= 4 is 11.9 Å². The van der Waals surface area contributed by atoms with Gasteiger partial charge >= 0.3 is 11.9 Å². The first-order chi connectivity index (χ1) is 11.6. The van der Waals surface area contributed by atoms with Crippen molar-refractivity contribution in [2.24, 2.45) is 0 Å². The van der Waals surface area contributed by atoms with E-state index in [0.29, 0.717) is 22.4 Å². The van der Waals surface area contributed by atoms with Crippen LogP contribution in [0.1, 0.15) is 21.5 Å². The summed E-state index contributed by atoms with van der Waals surface area (Å²) in [5.41, 5.74) is 1.57. The molecule has 0 unspecified atom stereocenters. The van der Waals surface area contributed by atoms with Crippen LogP contribution in [0.5, 0.6) is 5.75 Å². The van der Waals surface area contributed by atoms with Crippen molar-refractivity contribution in [3.63, 3.8) is 0 Å². The van der Waals surface area contributed by atoms with Gasteiger partial charge < -0.3 is 14.2 Å². The highest BCUT2D eigenvalue weighted by atomic mass is 16.6. The second-order valence-electron chi connectivity index (χ2n) is 4.78. The molecular formula is C18H15NO5. The average molecular weight is 325 g/mol. The minimum Gasteiger partial charge on any atom is -0.482 e. The number of benzene rings is 2. The highest BCUT2D eigenvalue weighted by molar-refractivity contribution is 5.89. The largest absolute Gasteiger partial charge is 0.482 e. The Balaban J connectivity index is 1.82. The second-order valence-corrected chi connectivity index (χ2v) is 4.78. The van der Waals surface area contributed by atoms with Crippen LogP contribution < -0.4 is 4.74 Å². The molecule has 0 fully saturated rings. The van der Waals surface area contributed by atoms with Gasteiger partial charge in [-0.2, -0.15) is 5.26 Å². The lowest BCUT2D eigenvalue weighted by atomic mass is 10.1. The summed E-state index contributed by atoms with van der Waals surface area (Å²) in [5.74, 6) is -0.520. The summed E-state index contributed by atoms with van der Waals surface area (Å²) in [7, 11) is 1.30. The van der Waals surface area contributed by atoms with Gasteiger partial charge in [0, 0.05) is 0 Å². The first-order valence-electron chi connectivity index (χ1n) is 7.08. The molecular weight excluding hydrogens is 310 g/mol. The Morgan fingerprint density at radius 2 is 1.88 bits per heavy atom. The van der Waals surface area contributed by atoms with Gasteiger partial charge in [-0.3, -0.25) is 0 Å². The van der Waals surface area contributed by atoms with Gasteiger partial charge in [0.25, 0.3) is 0 Å². The maximum Gasteiger partial charge on any atom is 0.344 e. The fourth-order valence-corrected chi connectivity index (χ4v) is 1.88. The van der Waals surface area contributed by atoms with E-state index in [-0.39, 0.29) is 13.2 Å². The lowest BCUT2D eigenvalue weighted by Gasteiger charge is -2.08. The van der Waals surface area contributed by atoms with Crippen LogP contribution in [0.15, 0.2) is 48.5 Å². The molecule has 0 aliphatic carbocycles. The van der Waals surface area contributed by atoms with Crippen LogP contribution >= 0.6 is 0 Å². The third kappa shape index (κ3) is 4.85. The van der Waals surface area contributed by atoms with E-state index in [0.717, 1.165) is 0 Å². The number of esters is 2. The van der Waals surface area contributed by atoms with E-state index in [1.165, 1.54) is 7.11 Å². The Bertz CT molecular complexity index is 762. The topological polar surface area (TPSA) is 85.6 Å². The second kappa shape index (κ2) is 8.34. The summed E-state index contributed by atoms with van der Waals surface area (Å²) < 4.78 is 15.0. The molecule has 0 saturated carbocycles. The number of hydrogen-bond donors (Lipinski definition) is 0. The minimum atomic E-state index is -0.539. The maximum absolute atomic E-state index is 11.7. The Morgan fingerprint density at radius 3 is 2.54 bits per heavy atom. The van der Waals surface area contributed by atoms with E-state index < -0.39 is 11.9 Å². The van der Waals surface area contributed by atoms with Crippen LogP contribution in [-0.2, 0) is 20.9 Å². The number of carbonyl (C=O) groups excluding carboxylic acids is 2. The van der Waals surface area contributed by atoms with Crippen LogP contribution in [0.2, 0.25) is 0 Å². The lowest BCUT2D eigenvalue weighted by molar-refractivity contribution is -0.147. The lowest BCUT2D eigenvalue weighted by Crippen LogP contribution is -2.15. The molecule has 0 N–H and O–H groups in total. The van der Waals surface area contributed by atoms with Gasteiger partial charge in [0.2, 0.25) is 0 Å². The predicted molar refractivity (Wildman–Crippen MR) is 84.2 cm³/mol. The number of ether oxygens (including phenoxy) is 3. The van der Waals surface area contributed by atoms with E-state index in [9.17, 15) is 9.59 Å². The Morgan fingerprint density at radius 1 is 1.12 bits per heavy atom. The number of rotatable bonds is 6. The van der Waals surface area contributed by atoms with E-state index in [2.05, 4.69) is 4.74 Å². The van der Waals surface area contributed by atoms with Crippen molar-refractivity contribution in [3.05, 3.63) is 65.2 Å². The summed E-state index contributed by atoms with van der Waals surface area (Å²) in [4.78, 5) is 23.1. The molecule has 24 heavy (non-hydrogen) atoms. The predicted octanol–water partition coefficient (Wildman–Crippen LogP) is 2.47. The van der Waals surface area contributed by atoms with Crippen molar-refractivity contribution in [1.29, 1.82) is 5.26 Å². The molecule has 122 valence electrons. The van der Waals surface area contributed by atoms with E-state index in [1.54, 1.807) is 48.5 Å². The first-order valence-corrected chi connectivity index (χ1v) is 7.08. The molecule has 0 aromatic heterocycles. The smallest absolute Gasteiger partial charge is 0.344 e. The zero-order valence-electron chi connectivity index (χ0n) is 13.0. The average Bonchev–Trinajstić information content (AvgIpc) is 2.64. The minimum absolute atomic E-state index is 0.0282. The summed E-state index contributed by atoms with van der Waals surface area (Å²) in [6.45, 7) is -0.219. The van der Waals surface area contributed by atoms with E-state index in [1.807, 2.05) is 6.07 Å². The highest BCUT2D eigenvalue weighted by Gasteiger charge is 2.08. The quantitative estimate of drug-likeness (QED) is 0.758. The van der Waals surface area contributed by atoms with Crippen LogP contribution in [0, 0.1) is 11.3 Å². The number of nitrogens with zero attached hydrogens (tertiary/aromatic N) is 1. The van der Waals surface area contributed by atoms with Crippen molar-refractivity contribution in [2.75, 3.05) is 13.7 Å². The van der Waals surface area contributed by atoms with Gasteiger partial charge in [0.1, 0.15) is 12.4 Å². The maximum atomic E-state index is 11.7. The molecule has 6 heteroatoms. The molecule has 0 amide bonds. The molecule has 0 radical (unpaired) electrons. The van der Waals surface area contributed by atoms with Gasteiger partial charge in [-0.15, -0.1) is 0 Å². The van der Waals surface area contributed by atoms with Crippen molar-refractivity contribution in [2.45, 2.75) is 6.61 Å². The normalized spacial score (nSPS) is 9.67. The molecule has 0 atom stereocenters. The molecule has 2 aromatic carbocycles. The highest BCUT2D eigenvalue weighted by Crippen LogP contribution is 2.12. The molecule has 0 bridgehead atoms. The zero-order valence-corrected chi connectivity index (χ0v) is 13.0. The fraction of sp³-hybridized carbons (Fsp3) is 0.167. The molecule has 0 saturated heterocycles. The van der Waals surface area contributed by atoms with E-state index >= 15 is 0 Å². The van der Waals surface area contributed by atoms with Crippen LogP contribution in [-0.4, -0.2) is 25.7 Å². The summed E-state index contributed by atoms with van der Waals surface area (Å²) >= 11 is 0. The number of nitriles is 1. The van der Waals surface area contributed by atoms with Crippen molar-refractivity contribution < 1.29 is 23.8 Å². The van der Waals surface area contributed by atoms with Gasteiger partial charge in [0.15, 0.2) is 6.61 Å². The SMILES string of the molecule is COC(=O)c1cccc(COC(=O)COc2ccc(C#N)cc2)c1. The van der Waals surface area contributed by atoms with Crippen molar-refractivity contribution in [3.8, 4) is 11.8 Å². The monoisotopic (exact) mass is 325 g/mol. The molecule has 2 rings (SSSR count). The first kappa shape index (κ1) is 17.0. The number of hydrogen-bond acceptors (Lipinski definition) is 6. The van der Waals surface area contributed by atoms with Crippen LogP contribution in [0.3, 0.4) is 0 Å². The zero-order chi connectivity index (χ0) is 17.4. The molecule has 0 aliphatic rings. The van der Waals surface area contributed by atoms with Crippen LogP contribution in [0.25, 0.3) is 0 Å². The molecule has 0 spiro atoms. The Hall–Kier alpha value is -3.33.